The first-order chi connectivity index (χ1) is 9.22. The summed E-state index contributed by atoms with van der Waals surface area (Å²) in [6.07, 6.45) is 2.15. The van der Waals surface area contributed by atoms with Crippen LogP contribution in [0.5, 0.6) is 0 Å². The van der Waals surface area contributed by atoms with Gasteiger partial charge in [-0.15, -0.1) is 10.2 Å². The van der Waals surface area contributed by atoms with Crippen molar-refractivity contribution in [1.29, 1.82) is 0 Å². The van der Waals surface area contributed by atoms with Gasteiger partial charge in [-0.05, 0) is 18.2 Å². The summed E-state index contributed by atoms with van der Waals surface area (Å²) in [6, 6.07) is 0. The molecule has 2 heterocycles. The predicted molar refractivity (Wildman–Crippen MR) is 71.5 cm³/mol. The second kappa shape index (κ2) is 6.38. The van der Waals surface area contributed by atoms with Crippen molar-refractivity contribution >= 4 is 34.6 Å². The van der Waals surface area contributed by atoms with Crippen LogP contribution in [0.25, 0.3) is 0 Å². The normalized spacial score (nSPS) is 10.4. The van der Waals surface area contributed by atoms with Gasteiger partial charge in [-0.2, -0.15) is 0 Å². The molecule has 0 atom stereocenters. The van der Waals surface area contributed by atoms with Crippen LogP contribution in [0.4, 0.5) is 11.5 Å². The lowest BCUT2D eigenvalue weighted by atomic mass is 10.4. The average Bonchev–Trinajstić information content (AvgIpc) is 2.89. The van der Waals surface area contributed by atoms with Crippen molar-refractivity contribution in [2.75, 3.05) is 11.9 Å². The lowest BCUT2D eigenvalue weighted by Gasteiger charge is -2.06. The van der Waals surface area contributed by atoms with E-state index >= 15 is 0 Å². The molecule has 8 nitrogen and oxygen atoms in total. The van der Waals surface area contributed by atoms with Crippen LogP contribution in [0.2, 0.25) is 0 Å². The summed E-state index contributed by atoms with van der Waals surface area (Å²) in [5.74, 6) is 0.230. The monoisotopic (exact) mass is 298 g/mol. The molecule has 100 valence electrons. The Balaban J connectivity index is 2.33. The quantitative estimate of drug-likeness (QED) is 0.491. The minimum absolute atomic E-state index is 0.129. The largest absolute Gasteiger partial charge is 0.364 e. The molecule has 0 amide bonds. The number of nitrogens with one attached hydrogen (secondary N) is 1. The van der Waals surface area contributed by atoms with Gasteiger partial charge in [0.05, 0.1) is 4.92 Å². The van der Waals surface area contributed by atoms with Gasteiger partial charge in [-0.3, -0.25) is 10.1 Å². The van der Waals surface area contributed by atoms with E-state index in [4.69, 9.17) is 0 Å². The molecule has 0 aromatic carbocycles. The summed E-state index contributed by atoms with van der Waals surface area (Å²) in [7, 11) is 0. The van der Waals surface area contributed by atoms with Crippen LogP contribution in [-0.2, 0) is 0 Å². The van der Waals surface area contributed by atoms with Gasteiger partial charge in [0.25, 0.3) is 0 Å². The van der Waals surface area contributed by atoms with Crippen LogP contribution in [-0.4, -0.2) is 31.6 Å². The van der Waals surface area contributed by atoms with Gasteiger partial charge in [-0.1, -0.05) is 18.3 Å². The van der Waals surface area contributed by atoms with E-state index in [9.17, 15) is 10.1 Å². The van der Waals surface area contributed by atoms with Crippen LogP contribution in [0.15, 0.2) is 21.2 Å². The maximum atomic E-state index is 11.2. The molecule has 1 N–H and O–H groups in total. The fourth-order valence-corrected chi connectivity index (χ4v) is 2.72. The molecule has 0 unspecified atom stereocenters. The van der Waals surface area contributed by atoms with E-state index in [1.54, 1.807) is 5.51 Å². The minimum atomic E-state index is -0.485. The second-order valence-corrected chi connectivity index (χ2v) is 5.44. The topological polar surface area (TPSA) is 107 Å². The van der Waals surface area contributed by atoms with E-state index in [-0.39, 0.29) is 16.5 Å². The van der Waals surface area contributed by atoms with Gasteiger partial charge in [0.1, 0.15) is 11.8 Å². The fraction of sp³-hybridized carbons (Fsp3) is 0.333. The molecule has 0 bridgehead atoms. The Morgan fingerprint density at radius 3 is 3.00 bits per heavy atom. The number of nitro groups is 1. The van der Waals surface area contributed by atoms with Crippen molar-refractivity contribution in [2.24, 2.45) is 0 Å². The van der Waals surface area contributed by atoms with Crippen LogP contribution in [0.3, 0.4) is 0 Å². The van der Waals surface area contributed by atoms with E-state index in [1.165, 1.54) is 17.7 Å². The molecule has 0 fully saturated rings. The Morgan fingerprint density at radius 2 is 2.37 bits per heavy atom. The number of nitrogens with zero attached hydrogens (tertiary/aromatic N) is 5. The highest BCUT2D eigenvalue weighted by atomic mass is 32.2. The Morgan fingerprint density at radius 1 is 1.53 bits per heavy atom. The molecule has 2 aromatic rings. The molecule has 0 saturated heterocycles. The summed E-state index contributed by atoms with van der Waals surface area (Å²) >= 11 is 2.41. The smallest absolute Gasteiger partial charge is 0.343 e. The van der Waals surface area contributed by atoms with E-state index in [1.807, 2.05) is 6.92 Å². The Bertz CT molecular complexity index is 562. The van der Waals surface area contributed by atoms with Crippen LogP contribution < -0.4 is 5.32 Å². The van der Waals surface area contributed by atoms with Crippen molar-refractivity contribution in [2.45, 2.75) is 22.7 Å². The van der Waals surface area contributed by atoms with Crippen molar-refractivity contribution in [3.8, 4) is 0 Å². The highest BCUT2D eigenvalue weighted by molar-refractivity contribution is 8.01. The first-order valence-corrected chi connectivity index (χ1v) is 7.09. The van der Waals surface area contributed by atoms with Crippen molar-refractivity contribution in [1.82, 2.24) is 20.2 Å². The Kier molecular flexibility index (Phi) is 4.58. The van der Waals surface area contributed by atoms with Crippen molar-refractivity contribution in [3.05, 3.63) is 22.0 Å². The first-order valence-electron chi connectivity index (χ1n) is 5.39. The molecule has 19 heavy (non-hydrogen) atoms. The molecule has 0 aliphatic heterocycles. The summed E-state index contributed by atoms with van der Waals surface area (Å²) in [6.45, 7) is 2.58. The Hall–Kier alpha value is -1.81. The summed E-state index contributed by atoms with van der Waals surface area (Å²) in [4.78, 5) is 18.6. The van der Waals surface area contributed by atoms with E-state index < -0.39 is 4.92 Å². The molecule has 0 spiro atoms. The Labute approximate surface area is 116 Å². The van der Waals surface area contributed by atoms with Crippen LogP contribution in [0, 0.1) is 10.1 Å². The van der Waals surface area contributed by atoms with Crippen molar-refractivity contribution < 1.29 is 4.92 Å². The average molecular weight is 298 g/mol. The number of hydrogen-bond donors (Lipinski definition) is 1. The fourth-order valence-electron chi connectivity index (χ4n) is 1.26. The minimum Gasteiger partial charge on any atom is -0.364 e. The molecule has 10 heteroatoms. The third-order valence-electron chi connectivity index (χ3n) is 2.04. The van der Waals surface area contributed by atoms with Gasteiger partial charge in [0.2, 0.25) is 5.82 Å². The third-order valence-corrected chi connectivity index (χ3v) is 3.81. The molecule has 0 aliphatic carbocycles. The zero-order valence-electron chi connectivity index (χ0n) is 9.94. The number of rotatable bonds is 6. The molecule has 0 saturated carbocycles. The zero-order valence-corrected chi connectivity index (χ0v) is 11.6. The summed E-state index contributed by atoms with van der Waals surface area (Å²) in [5.41, 5.74) is 1.43. The number of aromatic nitrogens is 4. The SMILES string of the molecule is CCCNc1ncnc(Sc2nncs2)c1[N+](=O)[O-]. The molecular formula is C9H10N6O2S2. The maximum absolute atomic E-state index is 11.2. The van der Waals surface area contributed by atoms with Gasteiger partial charge >= 0.3 is 5.69 Å². The zero-order chi connectivity index (χ0) is 13.7. The highest BCUT2D eigenvalue weighted by Gasteiger charge is 2.24. The van der Waals surface area contributed by atoms with Gasteiger partial charge < -0.3 is 5.32 Å². The molecule has 2 rings (SSSR count). The van der Waals surface area contributed by atoms with Crippen LogP contribution >= 0.6 is 23.1 Å². The predicted octanol–water partition coefficient (Wildman–Crippen LogP) is 2.21. The van der Waals surface area contributed by atoms with Gasteiger partial charge in [0.15, 0.2) is 9.37 Å². The highest BCUT2D eigenvalue weighted by Crippen LogP contribution is 2.36. The lowest BCUT2D eigenvalue weighted by molar-refractivity contribution is -0.387. The third kappa shape index (κ3) is 3.35. The molecule has 0 aliphatic rings. The molecule has 2 aromatic heterocycles. The number of hydrogen-bond acceptors (Lipinski definition) is 9. The van der Waals surface area contributed by atoms with E-state index in [0.717, 1.165) is 18.2 Å². The second-order valence-electron chi connectivity index (χ2n) is 3.37. The standard InChI is InChI=1S/C9H10N6O2S2/c1-2-3-10-7-6(15(16)17)8(12-4-11-7)19-9-14-13-5-18-9/h4-5H,2-3H2,1H3,(H,10,11,12). The van der Waals surface area contributed by atoms with E-state index in [2.05, 4.69) is 25.5 Å². The first kappa shape index (κ1) is 13.6. The van der Waals surface area contributed by atoms with Gasteiger partial charge in [-0.25, -0.2) is 9.97 Å². The maximum Gasteiger partial charge on any atom is 0.343 e. The molecule has 0 radical (unpaired) electrons. The summed E-state index contributed by atoms with van der Waals surface area (Å²) in [5, 5.41) is 21.9. The van der Waals surface area contributed by atoms with E-state index in [0.29, 0.717) is 10.9 Å². The van der Waals surface area contributed by atoms with Crippen molar-refractivity contribution in [3.63, 3.8) is 0 Å². The lowest BCUT2D eigenvalue weighted by Crippen LogP contribution is -2.07. The van der Waals surface area contributed by atoms with Crippen LogP contribution in [0.1, 0.15) is 13.3 Å². The van der Waals surface area contributed by atoms with Gasteiger partial charge in [0, 0.05) is 6.54 Å². The summed E-state index contributed by atoms with van der Waals surface area (Å²) < 4.78 is 0.600. The molecular weight excluding hydrogens is 288 g/mol. The number of anilines is 1.